The lowest BCUT2D eigenvalue weighted by molar-refractivity contribution is -0.124. The minimum atomic E-state index is 0.341. The van der Waals surface area contributed by atoms with Crippen LogP contribution in [-0.4, -0.2) is 5.78 Å². The minimum absolute atomic E-state index is 0.341. The number of hydrogen-bond donors (Lipinski definition) is 0. The van der Waals surface area contributed by atoms with E-state index in [1.54, 1.807) is 0 Å². The summed E-state index contributed by atoms with van der Waals surface area (Å²) in [4.78, 5) is 12.0. The maximum atomic E-state index is 12.0. The predicted octanol–water partition coefficient (Wildman–Crippen LogP) is 4.35. The molecule has 1 rings (SSSR count). The summed E-state index contributed by atoms with van der Waals surface area (Å²) in [6, 6.07) is 0. The molecule has 0 N–H and O–H groups in total. The van der Waals surface area contributed by atoms with E-state index in [4.69, 9.17) is 0 Å². The molecule has 0 aromatic carbocycles. The van der Waals surface area contributed by atoms with Gasteiger partial charge in [-0.2, -0.15) is 0 Å². The Kier molecular flexibility index (Phi) is 5.97. The topological polar surface area (TPSA) is 17.1 Å². The molecule has 0 spiro atoms. The van der Waals surface area contributed by atoms with Crippen LogP contribution in [0.1, 0.15) is 71.6 Å². The molecule has 0 heterocycles. The summed E-state index contributed by atoms with van der Waals surface area (Å²) in [6.45, 7) is 4.28. The molecule has 0 saturated heterocycles. The van der Waals surface area contributed by atoms with E-state index in [1.807, 2.05) is 0 Å². The van der Waals surface area contributed by atoms with Crippen LogP contribution < -0.4 is 0 Å². The number of carbonyl (C=O) groups excluding carboxylic acids is 1. The summed E-state index contributed by atoms with van der Waals surface area (Å²) in [6.07, 6.45) is 11.0. The van der Waals surface area contributed by atoms with Gasteiger partial charge in [0.1, 0.15) is 5.78 Å². The first kappa shape index (κ1) is 12.7. The van der Waals surface area contributed by atoms with Crippen LogP contribution in [0.2, 0.25) is 0 Å². The van der Waals surface area contributed by atoms with E-state index in [1.165, 1.54) is 38.5 Å². The zero-order valence-electron chi connectivity index (χ0n) is 10.4. The van der Waals surface area contributed by atoms with Gasteiger partial charge in [-0.25, -0.2) is 0 Å². The van der Waals surface area contributed by atoms with Crippen LogP contribution in [0.25, 0.3) is 0 Å². The standard InChI is InChI=1S/C14H26O/c1-3-13(4-2)14(15)11-12-9-7-5-6-8-10-12/h12-13H,3-11H2,1-2H3. The second kappa shape index (κ2) is 7.03. The Morgan fingerprint density at radius 3 is 2.07 bits per heavy atom. The first-order valence-corrected chi connectivity index (χ1v) is 6.80. The third-order valence-corrected chi connectivity index (χ3v) is 3.91. The predicted molar refractivity (Wildman–Crippen MR) is 64.9 cm³/mol. The average Bonchev–Trinajstić information content (AvgIpc) is 2.48. The third kappa shape index (κ3) is 4.36. The summed E-state index contributed by atoms with van der Waals surface area (Å²) in [5.74, 6) is 1.58. The molecule has 1 nitrogen and oxygen atoms in total. The Morgan fingerprint density at radius 1 is 1.07 bits per heavy atom. The highest BCUT2D eigenvalue weighted by Gasteiger charge is 2.20. The van der Waals surface area contributed by atoms with Crippen molar-refractivity contribution in [2.45, 2.75) is 71.6 Å². The third-order valence-electron chi connectivity index (χ3n) is 3.91. The van der Waals surface area contributed by atoms with Crippen LogP contribution in [0, 0.1) is 11.8 Å². The zero-order chi connectivity index (χ0) is 11.1. The Bertz CT molecular complexity index is 174. The lowest BCUT2D eigenvalue weighted by atomic mass is 9.87. The molecule has 1 aliphatic carbocycles. The molecule has 0 amide bonds. The first-order chi connectivity index (χ1) is 7.27. The fourth-order valence-electron chi connectivity index (χ4n) is 2.76. The quantitative estimate of drug-likeness (QED) is 0.616. The van der Waals surface area contributed by atoms with Gasteiger partial charge in [0.25, 0.3) is 0 Å². The van der Waals surface area contributed by atoms with Crippen LogP contribution >= 0.6 is 0 Å². The van der Waals surface area contributed by atoms with E-state index in [-0.39, 0.29) is 0 Å². The Labute approximate surface area is 94.6 Å². The van der Waals surface area contributed by atoms with Gasteiger partial charge in [-0.1, -0.05) is 52.4 Å². The largest absolute Gasteiger partial charge is 0.299 e. The van der Waals surface area contributed by atoms with Crippen LogP contribution in [-0.2, 0) is 4.79 Å². The number of hydrogen-bond acceptors (Lipinski definition) is 1. The summed E-state index contributed by atoms with van der Waals surface area (Å²) in [5, 5.41) is 0. The van der Waals surface area contributed by atoms with Crippen LogP contribution in [0.5, 0.6) is 0 Å². The van der Waals surface area contributed by atoms with Crippen LogP contribution in [0.3, 0.4) is 0 Å². The van der Waals surface area contributed by atoms with Gasteiger partial charge < -0.3 is 0 Å². The molecule has 1 heteroatoms. The van der Waals surface area contributed by atoms with Crippen LogP contribution in [0.15, 0.2) is 0 Å². The molecule has 1 fully saturated rings. The van der Waals surface area contributed by atoms with Crippen molar-refractivity contribution in [2.75, 3.05) is 0 Å². The van der Waals surface area contributed by atoms with E-state index in [0.29, 0.717) is 17.6 Å². The molecule has 0 aromatic rings. The molecule has 0 bridgehead atoms. The molecule has 1 saturated carbocycles. The van der Waals surface area contributed by atoms with E-state index in [2.05, 4.69) is 13.8 Å². The van der Waals surface area contributed by atoms with E-state index < -0.39 is 0 Å². The van der Waals surface area contributed by atoms with Crippen LogP contribution in [0.4, 0.5) is 0 Å². The van der Waals surface area contributed by atoms with Gasteiger partial charge in [-0.3, -0.25) is 4.79 Å². The van der Waals surface area contributed by atoms with E-state index >= 15 is 0 Å². The zero-order valence-corrected chi connectivity index (χ0v) is 10.4. The van der Waals surface area contributed by atoms with Gasteiger partial charge in [0.15, 0.2) is 0 Å². The highest BCUT2D eigenvalue weighted by molar-refractivity contribution is 5.81. The Balaban J connectivity index is 2.34. The van der Waals surface area contributed by atoms with Crippen molar-refractivity contribution >= 4 is 5.78 Å². The number of Topliss-reactive ketones (excluding diaryl/α,β-unsaturated/α-hetero) is 1. The molecule has 0 aromatic heterocycles. The lowest BCUT2D eigenvalue weighted by Gasteiger charge is -2.17. The van der Waals surface area contributed by atoms with Gasteiger partial charge in [0.2, 0.25) is 0 Å². The molecular formula is C14H26O. The van der Waals surface area contributed by atoms with Crippen molar-refractivity contribution in [1.82, 2.24) is 0 Å². The fourth-order valence-corrected chi connectivity index (χ4v) is 2.76. The van der Waals surface area contributed by atoms with Crippen molar-refractivity contribution < 1.29 is 4.79 Å². The normalized spacial score (nSPS) is 19.1. The Hall–Kier alpha value is -0.330. The monoisotopic (exact) mass is 210 g/mol. The molecule has 0 aliphatic heterocycles. The Morgan fingerprint density at radius 2 is 1.60 bits per heavy atom. The summed E-state index contributed by atoms with van der Waals surface area (Å²) in [5.41, 5.74) is 0. The summed E-state index contributed by atoms with van der Waals surface area (Å²) in [7, 11) is 0. The molecule has 0 unspecified atom stereocenters. The van der Waals surface area contributed by atoms with E-state index in [9.17, 15) is 4.79 Å². The van der Waals surface area contributed by atoms with E-state index in [0.717, 1.165) is 19.3 Å². The number of ketones is 1. The minimum Gasteiger partial charge on any atom is -0.299 e. The van der Waals surface area contributed by atoms with Crippen molar-refractivity contribution in [2.24, 2.45) is 11.8 Å². The van der Waals surface area contributed by atoms with Gasteiger partial charge in [0.05, 0.1) is 0 Å². The lowest BCUT2D eigenvalue weighted by Crippen LogP contribution is -2.16. The van der Waals surface area contributed by atoms with Gasteiger partial charge >= 0.3 is 0 Å². The highest BCUT2D eigenvalue weighted by Crippen LogP contribution is 2.27. The van der Waals surface area contributed by atoms with Crippen molar-refractivity contribution in [1.29, 1.82) is 0 Å². The highest BCUT2D eigenvalue weighted by atomic mass is 16.1. The number of rotatable bonds is 5. The van der Waals surface area contributed by atoms with Gasteiger partial charge in [-0.15, -0.1) is 0 Å². The molecule has 15 heavy (non-hydrogen) atoms. The smallest absolute Gasteiger partial charge is 0.136 e. The molecule has 1 aliphatic rings. The maximum absolute atomic E-state index is 12.0. The fraction of sp³-hybridized carbons (Fsp3) is 0.929. The second-order valence-electron chi connectivity index (χ2n) is 5.04. The molecule has 0 atom stereocenters. The molecule has 0 radical (unpaired) electrons. The van der Waals surface area contributed by atoms with Gasteiger partial charge in [-0.05, 0) is 18.8 Å². The van der Waals surface area contributed by atoms with Crippen molar-refractivity contribution in [3.05, 3.63) is 0 Å². The summed E-state index contributed by atoms with van der Waals surface area (Å²) >= 11 is 0. The maximum Gasteiger partial charge on any atom is 0.136 e. The molecular weight excluding hydrogens is 184 g/mol. The second-order valence-corrected chi connectivity index (χ2v) is 5.04. The van der Waals surface area contributed by atoms with Crippen molar-refractivity contribution in [3.8, 4) is 0 Å². The van der Waals surface area contributed by atoms with Crippen molar-refractivity contribution in [3.63, 3.8) is 0 Å². The summed E-state index contributed by atoms with van der Waals surface area (Å²) < 4.78 is 0. The molecule has 88 valence electrons. The first-order valence-electron chi connectivity index (χ1n) is 6.80. The SMILES string of the molecule is CCC(CC)C(=O)CC1CCCCCC1. The number of carbonyl (C=O) groups is 1. The van der Waals surface area contributed by atoms with Gasteiger partial charge in [0, 0.05) is 12.3 Å². The average molecular weight is 210 g/mol.